The maximum absolute atomic E-state index is 14.2. The first-order valence-corrected chi connectivity index (χ1v) is 13.2. The predicted octanol–water partition coefficient (Wildman–Crippen LogP) is 3.87. The molecule has 0 bridgehead atoms. The van der Waals surface area contributed by atoms with Crippen molar-refractivity contribution in [1.82, 2.24) is 9.21 Å². The lowest BCUT2D eigenvalue weighted by Crippen LogP contribution is -2.49. The van der Waals surface area contributed by atoms with E-state index in [2.05, 4.69) is 6.92 Å². The first-order valence-electron chi connectivity index (χ1n) is 11.4. The number of rotatable bonds is 5. The second kappa shape index (κ2) is 10.1. The fraction of sp³-hybridized carbons (Fsp3) is 0.458. The summed E-state index contributed by atoms with van der Waals surface area (Å²) in [4.78, 5) is 16.6. The average Bonchev–Trinajstić information content (AvgIpc) is 2.83. The van der Waals surface area contributed by atoms with Crippen molar-refractivity contribution >= 4 is 33.2 Å². The molecule has 1 atom stereocenters. The van der Waals surface area contributed by atoms with E-state index in [1.807, 2.05) is 4.90 Å². The lowest BCUT2D eigenvalue weighted by Gasteiger charge is -2.37. The van der Waals surface area contributed by atoms with Crippen molar-refractivity contribution in [2.45, 2.75) is 24.7 Å². The van der Waals surface area contributed by atoms with Crippen LogP contribution < -0.4 is 9.64 Å². The molecule has 10 heteroatoms. The lowest BCUT2D eigenvalue weighted by atomic mass is 10.0. The Bertz CT molecular complexity index is 1150. The first-order chi connectivity index (χ1) is 16.2. The Morgan fingerprint density at radius 2 is 1.85 bits per heavy atom. The van der Waals surface area contributed by atoms with Gasteiger partial charge in [-0.25, -0.2) is 12.8 Å². The van der Waals surface area contributed by atoms with E-state index in [1.54, 1.807) is 34.5 Å². The maximum Gasteiger partial charge on any atom is 0.258 e. The summed E-state index contributed by atoms with van der Waals surface area (Å²) in [5, 5.41) is 0.0824. The van der Waals surface area contributed by atoms with Gasteiger partial charge in [0, 0.05) is 39.3 Å². The molecule has 1 amide bonds. The Kier molecular flexibility index (Phi) is 7.35. The largest absolute Gasteiger partial charge is 0.495 e. The number of benzene rings is 2. The number of ether oxygens (including phenoxy) is 1. The molecular weight excluding hydrogens is 481 g/mol. The van der Waals surface area contributed by atoms with Gasteiger partial charge >= 0.3 is 0 Å². The van der Waals surface area contributed by atoms with Crippen LogP contribution in [0.15, 0.2) is 41.3 Å². The summed E-state index contributed by atoms with van der Waals surface area (Å²) in [6.07, 6.45) is 1.88. The highest BCUT2D eigenvalue weighted by molar-refractivity contribution is 7.89. The molecule has 7 nitrogen and oxygen atoms in total. The second-order valence-electron chi connectivity index (χ2n) is 8.82. The fourth-order valence-corrected chi connectivity index (χ4v) is 6.46. The van der Waals surface area contributed by atoms with E-state index in [0.29, 0.717) is 56.6 Å². The van der Waals surface area contributed by atoms with Crippen LogP contribution in [0.3, 0.4) is 0 Å². The number of piperidine rings is 1. The van der Waals surface area contributed by atoms with Gasteiger partial charge in [-0.05, 0) is 49.1 Å². The number of methoxy groups -OCH3 is 1. The van der Waals surface area contributed by atoms with Crippen molar-refractivity contribution in [3.63, 3.8) is 0 Å². The Balaban J connectivity index is 1.53. The summed E-state index contributed by atoms with van der Waals surface area (Å²) in [5.74, 6) is -0.213. The zero-order valence-electron chi connectivity index (χ0n) is 19.3. The van der Waals surface area contributed by atoms with E-state index in [1.165, 1.54) is 18.2 Å². The topological polar surface area (TPSA) is 70.2 Å². The van der Waals surface area contributed by atoms with Crippen molar-refractivity contribution in [3.8, 4) is 5.75 Å². The Labute approximate surface area is 205 Å². The number of piperazine rings is 1. The lowest BCUT2D eigenvalue weighted by molar-refractivity contribution is 0.0742. The Morgan fingerprint density at radius 1 is 1.12 bits per heavy atom. The Morgan fingerprint density at radius 3 is 2.50 bits per heavy atom. The van der Waals surface area contributed by atoms with Gasteiger partial charge in [0.2, 0.25) is 10.0 Å². The molecule has 0 N–H and O–H groups in total. The van der Waals surface area contributed by atoms with E-state index >= 15 is 0 Å². The molecule has 2 heterocycles. The molecule has 2 saturated heterocycles. The molecule has 4 rings (SSSR count). The molecule has 1 unspecified atom stereocenters. The van der Waals surface area contributed by atoms with Crippen LogP contribution in [-0.2, 0) is 10.0 Å². The SMILES string of the molecule is COc1ccc(S(=O)(=O)N2CCCC(C)C2)cc1N1CCN(C(=O)c2c(F)cccc2Cl)CC1. The van der Waals surface area contributed by atoms with Gasteiger partial charge in [0.15, 0.2) is 0 Å². The van der Waals surface area contributed by atoms with Crippen LogP contribution in [0.25, 0.3) is 0 Å². The fourth-order valence-electron chi connectivity index (χ4n) is 4.60. The minimum absolute atomic E-state index is 0.0824. The number of anilines is 1. The van der Waals surface area contributed by atoms with E-state index < -0.39 is 21.7 Å². The summed E-state index contributed by atoms with van der Waals surface area (Å²) in [6, 6.07) is 9.08. The van der Waals surface area contributed by atoms with Gasteiger partial charge in [0.25, 0.3) is 5.91 Å². The summed E-state index contributed by atoms with van der Waals surface area (Å²) in [7, 11) is -2.08. The molecular formula is C24H29ClFN3O4S. The van der Waals surface area contributed by atoms with Crippen molar-refractivity contribution in [3.05, 3.63) is 52.8 Å². The molecule has 0 radical (unpaired) electrons. The second-order valence-corrected chi connectivity index (χ2v) is 11.2. The summed E-state index contributed by atoms with van der Waals surface area (Å²) in [6.45, 7) is 4.67. The van der Waals surface area contributed by atoms with Crippen LogP contribution in [0.1, 0.15) is 30.1 Å². The van der Waals surface area contributed by atoms with Gasteiger partial charge in [-0.1, -0.05) is 24.6 Å². The summed E-state index contributed by atoms with van der Waals surface area (Å²) < 4.78 is 47.9. The van der Waals surface area contributed by atoms with Crippen molar-refractivity contribution in [1.29, 1.82) is 0 Å². The molecule has 2 aromatic carbocycles. The van der Waals surface area contributed by atoms with E-state index in [0.717, 1.165) is 12.8 Å². The maximum atomic E-state index is 14.2. The highest BCUT2D eigenvalue weighted by atomic mass is 35.5. The van der Waals surface area contributed by atoms with Crippen LogP contribution in [0.2, 0.25) is 5.02 Å². The van der Waals surface area contributed by atoms with Crippen LogP contribution in [-0.4, -0.2) is 69.9 Å². The number of halogens is 2. The van der Waals surface area contributed by atoms with Gasteiger partial charge in [0.05, 0.1) is 28.3 Å². The summed E-state index contributed by atoms with van der Waals surface area (Å²) in [5.41, 5.74) is 0.531. The van der Waals surface area contributed by atoms with Gasteiger partial charge in [-0.2, -0.15) is 4.31 Å². The molecule has 2 aliphatic heterocycles. The quantitative estimate of drug-likeness (QED) is 0.612. The molecule has 2 aliphatic rings. The van der Waals surface area contributed by atoms with Crippen LogP contribution in [0.5, 0.6) is 5.75 Å². The molecule has 34 heavy (non-hydrogen) atoms. The zero-order valence-corrected chi connectivity index (χ0v) is 20.9. The third-order valence-electron chi connectivity index (χ3n) is 6.49. The molecule has 0 aromatic heterocycles. The molecule has 0 saturated carbocycles. The number of hydrogen-bond acceptors (Lipinski definition) is 5. The van der Waals surface area contributed by atoms with Gasteiger partial charge in [-0.3, -0.25) is 4.79 Å². The molecule has 2 fully saturated rings. The summed E-state index contributed by atoms with van der Waals surface area (Å²) >= 11 is 6.07. The molecule has 0 spiro atoms. The average molecular weight is 510 g/mol. The predicted molar refractivity (Wildman–Crippen MR) is 130 cm³/mol. The molecule has 184 valence electrons. The standard InChI is InChI=1S/C24H29ClFN3O4S/c1-17-5-4-10-29(16-17)34(31,32)18-8-9-22(33-2)21(15-18)27-11-13-28(14-12-27)24(30)23-19(25)6-3-7-20(23)26/h3,6-9,15,17H,4-5,10-14,16H2,1-2H3. The third-order valence-corrected chi connectivity index (χ3v) is 8.67. The van der Waals surface area contributed by atoms with E-state index in [9.17, 15) is 17.6 Å². The van der Waals surface area contributed by atoms with Crippen LogP contribution in [0, 0.1) is 11.7 Å². The minimum atomic E-state index is -3.62. The van der Waals surface area contributed by atoms with E-state index in [4.69, 9.17) is 16.3 Å². The first kappa shape index (κ1) is 24.8. The molecule has 0 aliphatic carbocycles. The van der Waals surface area contributed by atoms with Crippen molar-refractivity contribution in [2.75, 3.05) is 51.3 Å². The normalized spacial score (nSPS) is 19.8. The van der Waals surface area contributed by atoms with Crippen LogP contribution >= 0.6 is 11.6 Å². The van der Waals surface area contributed by atoms with Gasteiger partial charge in [-0.15, -0.1) is 0 Å². The zero-order chi connectivity index (χ0) is 24.5. The number of carbonyl (C=O) groups is 1. The van der Waals surface area contributed by atoms with Gasteiger partial charge < -0.3 is 14.5 Å². The van der Waals surface area contributed by atoms with Crippen molar-refractivity contribution < 1.29 is 22.3 Å². The smallest absolute Gasteiger partial charge is 0.258 e. The number of amides is 1. The number of hydrogen-bond donors (Lipinski definition) is 0. The number of nitrogens with zero attached hydrogens (tertiary/aromatic N) is 3. The molecule has 2 aromatic rings. The Hall–Kier alpha value is -2.36. The minimum Gasteiger partial charge on any atom is -0.495 e. The monoisotopic (exact) mass is 509 g/mol. The van der Waals surface area contributed by atoms with Crippen LogP contribution in [0.4, 0.5) is 10.1 Å². The number of sulfonamides is 1. The highest BCUT2D eigenvalue weighted by Crippen LogP contribution is 2.34. The highest BCUT2D eigenvalue weighted by Gasteiger charge is 2.31. The third kappa shape index (κ3) is 4.87. The number of carbonyl (C=O) groups excluding carboxylic acids is 1. The van der Waals surface area contributed by atoms with Crippen molar-refractivity contribution in [2.24, 2.45) is 5.92 Å². The van der Waals surface area contributed by atoms with E-state index in [-0.39, 0.29) is 15.5 Å². The van der Waals surface area contributed by atoms with Gasteiger partial charge in [0.1, 0.15) is 11.6 Å².